The second kappa shape index (κ2) is 8.52. The topological polar surface area (TPSA) is 37.9 Å². The predicted molar refractivity (Wildman–Crippen MR) is 126 cm³/mol. The van der Waals surface area contributed by atoms with Crippen molar-refractivity contribution in [2.24, 2.45) is 0 Å². The first-order chi connectivity index (χ1) is 15.2. The van der Waals surface area contributed by atoms with Crippen molar-refractivity contribution in [2.75, 3.05) is 31.1 Å². The molecule has 1 aliphatic heterocycles. The fourth-order valence-electron chi connectivity index (χ4n) is 4.65. The lowest BCUT2D eigenvalue weighted by Gasteiger charge is -2.33. The summed E-state index contributed by atoms with van der Waals surface area (Å²) >= 11 is 0. The number of aromatic nitrogens is 3. The molecule has 1 N–H and O–H groups in total. The van der Waals surface area contributed by atoms with Gasteiger partial charge in [-0.3, -0.25) is 0 Å². The number of hydrogen-bond donors (Lipinski definition) is 1. The van der Waals surface area contributed by atoms with E-state index in [1.807, 2.05) is 0 Å². The van der Waals surface area contributed by atoms with E-state index in [1.54, 1.807) is 4.90 Å². The van der Waals surface area contributed by atoms with Crippen molar-refractivity contribution in [3.05, 3.63) is 83.7 Å². The molecule has 0 amide bonds. The van der Waals surface area contributed by atoms with Gasteiger partial charge in [-0.1, -0.05) is 67.6 Å². The van der Waals surface area contributed by atoms with Crippen LogP contribution in [-0.4, -0.2) is 40.8 Å². The quantitative estimate of drug-likeness (QED) is 0.547. The Hall–Kier alpha value is -3.18. The van der Waals surface area contributed by atoms with Crippen molar-refractivity contribution < 1.29 is 4.90 Å². The third-order valence-corrected chi connectivity index (χ3v) is 6.26. The molecule has 0 bridgehead atoms. The standard InChI is InChI=1S/C26H29N5/c1-3-23-25(22-12-8-5-9-13-22)26-27-20(2)18-24(31(26)28-23)30-16-14-29(15-17-30)19-21-10-6-4-7-11-21/h4-13,18H,3,14-17,19H2,1-2H3/p+1. The van der Waals surface area contributed by atoms with E-state index >= 15 is 0 Å². The molecule has 0 spiro atoms. The highest BCUT2D eigenvalue weighted by Crippen LogP contribution is 2.30. The summed E-state index contributed by atoms with van der Waals surface area (Å²) in [4.78, 5) is 9.04. The Morgan fingerprint density at radius 2 is 1.61 bits per heavy atom. The minimum absolute atomic E-state index is 0.890. The van der Waals surface area contributed by atoms with Crippen LogP contribution in [-0.2, 0) is 13.0 Å². The summed E-state index contributed by atoms with van der Waals surface area (Å²) in [6.45, 7) is 9.68. The van der Waals surface area contributed by atoms with E-state index in [4.69, 9.17) is 10.1 Å². The highest BCUT2D eigenvalue weighted by atomic mass is 15.4. The molecule has 1 aliphatic rings. The van der Waals surface area contributed by atoms with Gasteiger partial charge in [-0.2, -0.15) is 9.61 Å². The lowest BCUT2D eigenvalue weighted by Crippen LogP contribution is -3.13. The number of piperazine rings is 1. The molecule has 1 saturated heterocycles. The van der Waals surface area contributed by atoms with Gasteiger partial charge in [0.1, 0.15) is 12.4 Å². The Balaban J connectivity index is 1.45. The average molecular weight is 413 g/mol. The molecule has 4 aromatic rings. The zero-order chi connectivity index (χ0) is 21.2. The van der Waals surface area contributed by atoms with E-state index in [0.717, 1.165) is 62.0 Å². The first-order valence-corrected chi connectivity index (χ1v) is 11.3. The average Bonchev–Trinajstić information content (AvgIpc) is 3.19. The van der Waals surface area contributed by atoms with Crippen LogP contribution in [0, 0.1) is 6.92 Å². The first-order valence-electron chi connectivity index (χ1n) is 11.3. The van der Waals surface area contributed by atoms with Gasteiger partial charge in [0.15, 0.2) is 5.65 Å². The maximum atomic E-state index is 5.02. The number of fused-ring (bicyclic) bond motifs is 1. The normalized spacial score (nSPS) is 15.0. The number of rotatable bonds is 5. The molecular weight excluding hydrogens is 382 g/mol. The number of nitrogens with one attached hydrogen (secondary N) is 1. The molecule has 1 fully saturated rings. The summed E-state index contributed by atoms with van der Waals surface area (Å²) in [5, 5.41) is 5.02. The third kappa shape index (κ3) is 3.93. The van der Waals surface area contributed by atoms with E-state index in [9.17, 15) is 0 Å². The predicted octanol–water partition coefficient (Wildman–Crippen LogP) is 3.17. The summed E-state index contributed by atoms with van der Waals surface area (Å²) in [5.41, 5.74) is 6.90. The van der Waals surface area contributed by atoms with E-state index in [2.05, 4.69) is 90.0 Å². The minimum Gasteiger partial charge on any atom is -0.345 e. The molecule has 0 radical (unpaired) electrons. The van der Waals surface area contributed by atoms with Gasteiger partial charge in [-0.05, 0) is 18.9 Å². The van der Waals surface area contributed by atoms with Crippen molar-refractivity contribution in [2.45, 2.75) is 26.8 Å². The van der Waals surface area contributed by atoms with Crippen molar-refractivity contribution in [3.63, 3.8) is 0 Å². The summed E-state index contributed by atoms with van der Waals surface area (Å²) in [7, 11) is 0. The molecule has 0 saturated carbocycles. The van der Waals surface area contributed by atoms with Gasteiger partial charge in [0.25, 0.3) is 0 Å². The fourth-order valence-corrected chi connectivity index (χ4v) is 4.65. The van der Waals surface area contributed by atoms with E-state index in [-0.39, 0.29) is 0 Å². The third-order valence-electron chi connectivity index (χ3n) is 6.26. The van der Waals surface area contributed by atoms with E-state index in [0.29, 0.717) is 0 Å². The van der Waals surface area contributed by atoms with Crippen molar-refractivity contribution >= 4 is 11.5 Å². The summed E-state index contributed by atoms with van der Waals surface area (Å²) < 4.78 is 2.08. The van der Waals surface area contributed by atoms with Crippen molar-refractivity contribution in [1.29, 1.82) is 0 Å². The van der Waals surface area contributed by atoms with Crippen LogP contribution in [0.15, 0.2) is 66.7 Å². The second-order valence-corrected chi connectivity index (χ2v) is 8.43. The van der Waals surface area contributed by atoms with Gasteiger partial charge in [0, 0.05) is 22.9 Å². The molecule has 2 aromatic carbocycles. The molecule has 5 rings (SSSR count). The largest absolute Gasteiger partial charge is 0.345 e. The van der Waals surface area contributed by atoms with Crippen molar-refractivity contribution in [1.82, 2.24) is 14.6 Å². The number of aryl methyl sites for hydroxylation is 2. The Labute approximate surface area is 184 Å². The van der Waals surface area contributed by atoms with Gasteiger partial charge in [-0.15, -0.1) is 0 Å². The second-order valence-electron chi connectivity index (χ2n) is 8.43. The molecule has 158 valence electrons. The van der Waals surface area contributed by atoms with Crippen LogP contribution >= 0.6 is 0 Å². The number of anilines is 1. The number of nitrogens with zero attached hydrogens (tertiary/aromatic N) is 4. The van der Waals surface area contributed by atoms with Crippen LogP contribution in [0.3, 0.4) is 0 Å². The molecule has 31 heavy (non-hydrogen) atoms. The van der Waals surface area contributed by atoms with Crippen LogP contribution in [0.1, 0.15) is 23.9 Å². The SMILES string of the molecule is CCc1nn2c(N3CC[NH+](Cc4ccccc4)CC3)cc(C)nc2c1-c1ccccc1. The van der Waals surface area contributed by atoms with Gasteiger partial charge < -0.3 is 9.80 Å². The maximum absolute atomic E-state index is 5.02. The van der Waals surface area contributed by atoms with E-state index < -0.39 is 0 Å². The number of quaternary nitrogens is 1. The van der Waals surface area contributed by atoms with Crippen LogP contribution in [0.4, 0.5) is 5.82 Å². The number of benzene rings is 2. The number of hydrogen-bond acceptors (Lipinski definition) is 3. The monoisotopic (exact) mass is 412 g/mol. The summed E-state index contributed by atoms with van der Waals surface area (Å²) in [6, 6.07) is 23.6. The molecular formula is C26H30N5+. The fraction of sp³-hybridized carbons (Fsp3) is 0.308. The highest BCUT2D eigenvalue weighted by Gasteiger charge is 2.24. The molecule has 5 nitrogen and oxygen atoms in total. The zero-order valence-corrected chi connectivity index (χ0v) is 18.4. The Bertz CT molecular complexity index is 1160. The smallest absolute Gasteiger partial charge is 0.165 e. The Morgan fingerprint density at radius 1 is 0.935 bits per heavy atom. The lowest BCUT2D eigenvalue weighted by molar-refractivity contribution is -0.914. The van der Waals surface area contributed by atoms with Gasteiger partial charge >= 0.3 is 0 Å². The molecule has 3 heterocycles. The van der Waals surface area contributed by atoms with Crippen LogP contribution < -0.4 is 9.80 Å². The zero-order valence-electron chi connectivity index (χ0n) is 18.4. The van der Waals surface area contributed by atoms with Gasteiger partial charge in [-0.25, -0.2) is 4.98 Å². The highest BCUT2D eigenvalue weighted by molar-refractivity contribution is 5.81. The molecule has 2 aromatic heterocycles. The molecule has 5 heteroatoms. The Morgan fingerprint density at radius 3 is 2.29 bits per heavy atom. The van der Waals surface area contributed by atoms with Crippen LogP contribution in [0.25, 0.3) is 16.8 Å². The van der Waals surface area contributed by atoms with Gasteiger partial charge in [0.05, 0.1) is 31.9 Å². The summed E-state index contributed by atoms with van der Waals surface area (Å²) in [5.74, 6) is 1.16. The maximum Gasteiger partial charge on any atom is 0.165 e. The Kier molecular flexibility index (Phi) is 5.43. The first kappa shape index (κ1) is 19.8. The molecule has 0 atom stereocenters. The lowest BCUT2D eigenvalue weighted by atomic mass is 10.0. The molecule has 0 aliphatic carbocycles. The van der Waals surface area contributed by atoms with Gasteiger partial charge in [0.2, 0.25) is 0 Å². The van der Waals surface area contributed by atoms with Crippen LogP contribution in [0.2, 0.25) is 0 Å². The van der Waals surface area contributed by atoms with E-state index in [1.165, 1.54) is 16.7 Å². The minimum atomic E-state index is 0.890. The summed E-state index contributed by atoms with van der Waals surface area (Å²) in [6.07, 6.45) is 0.890. The van der Waals surface area contributed by atoms with Crippen LogP contribution in [0.5, 0.6) is 0 Å². The van der Waals surface area contributed by atoms with Crippen molar-refractivity contribution in [3.8, 4) is 11.1 Å². The molecule has 0 unspecified atom stereocenters.